The van der Waals surface area contributed by atoms with Crippen LogP contribution < -0.4 is 11.1 Å². The summed E-state index contributed by atoms with van der Waals surface area (Å²) in [4.78, 5) is 15.5. The highest BCUT2D eigenvalue weighted by molar-refractivity contribution is 5.94. The second kappa shape index (κ2) is 4.60. The Morgan fingerprint density at radius 3 is 2.86 bits per heavy atom. The highest BCUT2D eigenvalue weighted by Crippen LogP contribution is 2.06. The lowest BCUT2D eigenvalue weighted by molar-refractivity contribution is 0.0953. The van der Waals surface area contributed by atoms with E-state index in [4.69, 9.17) is 5.73 Å². The molecule has 0 radical (unpaired) electrons. The average molecular weight is 193 g/mol. The Hall–Kier alpha value is -1.58. The van der Waals surface area contributed by atoms with Gasteiger partial charge in [-0.15, -0.1) is 0 Å². The van der Waals surface area contributed by atoms with Gasteiger partial charge in [-0.2, -0.15) is 0 Å². The zero-order valence-electron chi connectivity index (χ0n) is 8.50. The number of amides is 1. The minimum Gasteiger partial charge on any atom is -0.384 e. The topological polar surface area (TPSA) is 68.0 Å². The van der Waals surface area contributed by atoms with Crippen molar-refractivity contribution in [3.8, 4) is 0 Å². The van der Waals surface area contributed by atoms with E-state index in [1.807, 2.05) is 13.8 Å². The lowest BCUT2D eigenvalue weighted by Crippen LogP contribution is -2.24. The van der Waals surface area contributed by atoms with Gasteiger partial charge in [-0.3, -0.25) is 4.79 Å². The third-order valence-electron chi connectivity index (χ3n) is 1.77. The van der Waals surface area contributed by atoms with Gasteiger partial charge in [-0.25, -0.2) is 4.98 Å². The first-order chi connectivity index (χ1) is 6.63. The van der Waals surface area contributed by atoms with Crippen LogP contribution in [0.25, 0.3) is 0 Å². The predicted molar refractivity (Wildman–Crippen MR) is 56.0 cm³/mol. The van der Waals surface area contributed by atoms with Crippen molar-refractivity contribution in [1.29, 1.82) is 0 Å². The molecule has 1 aromatic heterocycles. The molecule has 0 aliphatic heterocycles. The number of aryl methyl sites for hydroxylation is 1. The van der Waals surface area contributed by atoms with Crippen LogP contribution in [0.5, 0.6) is 0 Å². The van der Waals surface area contributed by atoms with E-state index in [0.29, 0.717) is 17.9 Å². The summed E-state index contributed by atoms with van der Waals surface area (Å²) in [6.45, 7) is 4.50. The molecule has 0 saturated heterocycles. The van der Waals surface area contributed by atoms with E-state index in [9.17, 15) is 4.79 Å². The molecule has 3 N–H and O–H groups in total. The molecule has 1 amide bonds. The first kappa shape index (κ1) is 10.5. The lowest BCUT2D eigenvalue weighted by atomic mass is 10.2. The van der Waals surface area contributed by atoms with Crippen molar-refractivity contribution >= 4 is 11.7 Å². The number of nitrogens with one attached hydrogen (secondary N) is 1. The van der Waals surface area contributed by atoms with Crippen LogP contribution in [0.1, 0.15) is 29.4 Å². The van der Waals surface area contributed by atoms with Gasteiger partial charge in [0.1, 0.15) is 5.82 Å². The van der Waals surface area contributed by atoms with E-state index in [-0.39, 0.29) is 5.91 Å². The maximum atomic E-state index is 11.5. The number of hydrogen-bond acceptors (Lipinski definition) is 3. The van der Waals surface area contributed by atoms with Crippen LogP contribution in [-0.4, -0.2) is 17.4 Å². The number of nitrogens with two attached hydrogens (primary N) is 1. The molecule has 0 aliphatic carbocycles. The summed E-state index contributed by atoms with van der Waals surface area (Å²) in [7, 11) is 0. The molecule has 0 atom stereocenters. The smallest absolute Gasteiger partial charge is 0.251 e. The minimum absolute atomic E-state index is 0.0935. The van der Waals surface area contributed by atoms with Gasteiger partial charge in [0.05, 0.1) is 0 Å². The summed E-state index contributed by atoms with van der Waals surface area (Å²) in [6.07, 6.45) is 0.922. The molecule has 0 aliphatic rings. The quantitative estimate of drug-likeness (QED) is 0.755. The van der Waals surface area contributed by atoms with Gasteiger partial charge < -0.3 is 11.1 Å². The number of nitrogens with zero attached hydrogens (tertiary/aromatic N) is 1. The molecule has 0 spiro atoms. The Balaban J connectivity index is 2.79. The number of carbonyl (C=O) groups is 1. The predicted octanol–water partition coefficient (Wildman–Crippen LogP) is 1.11. The molecule has 0 aromatic carbocycles. The number of aromatic nitrogens is 1. The molecule has 0 saturated carbocycles. The molecule has 76 valence electrons. The van der Waals surface area contributed by atoms with Gasteiger partial charge >= 0.3 is 0 Å². The van der Waals surface area contributed by atoms with Crippen molar-refractivity contribution in [3.05, 3.63) is 23.4 Å². The fourth-order valence-electron chi connectivity index (χ4n) is 1.17. The fraction of sp³-hybridized carbons (Fsp3) is 0.400. The Kier molecular flexibility index (Phi) is 3.45. The molecule has 4 nitrogen and oxygen atoms in total. The average Bonchev–Trinajstić information content (AvgIpc) is 2.12. The van der Waals surface area contributed by atoms with Crippen LogP contribution in [0.3, 0.4) is 0 Å². The first-order valence-corrected chi connectivity index (χ1v) is 4.66. The second-order valence-electron chi connectivity index (χ2n) is 3.18. The third kappa shape index (κ3) is 2.73. The van der Waals surface area contributed by atoms with Crippen LogP contribution >= 0.6 is 0 Å². The monoisotopic (exact) mass is 193 g/mol. The summed E-state index contributed by atoms with van der Waals surface area (Å²) in [6, 6.07) is 3.30. The second-order valence-corrected chi connectivity index (χ2v) is 3.18. The molecular weight excluding hydrogens is 178 g/mol. The van der Waals surface area contributed by atoms with E-state index in [0.717, 1.165) is 12.1 Å². The zero-order chi connectivity index (χ0) is 10.6. The van der Waals surface area contributed by atoms with Crippen molar-refractivity contribution in [2.45, 2.75) is 20.3 Å². The molecule has 0 fully saturated rings. The Labute approximate surface area is 83.5 Å². The Morgan fingerprint density at radius 2 is 2.29 bits per heavy atom. The number of anilines is 1. The van der Waals surface area contributed by atoms with Gasteiger partial charge in [0.25, 0.3) is 5.91 Å². The van der Waals surface area contributed by atoms with Gasteiger partial charge in [0.2, 0.25) is 0 Å². The summed E-state index contributed by atoms with van der Waals surface area (Å²) in [5.41, 5.74) is 6.86. The molecule has 1 aromatic rings. The maximum absolute atomic E-state index is 11.5. The molecule has 1 rings (SSSR count). The van der Waals surface area contributed by atoms with Crippen molar-refractivity contribution in [2.75, 3.05) is 12.3 Å². The summed E-state index contributed by atoms with van der Waals surface area (Å²) in [5, 5.41) is 2.78. The largest absolute Gasteiger partial charge is 0.384 e. The summed E-state index contributed by atoms with van der Waals surface area (Å²) >= 11 is 0. The SMILES string of the molecule is CCCNC(=O)c1cc(C)nc(N)c1. The van der Waals surface area contributed by atoms with Crippen LogP contribution in [0.2, 0.25) is 0 Å². The number of carbonyl (C=O) groups excluding carboxylic acids is 1. The molecular formula is C10H15N3O. The highest BCUT2D eigenvalue weighted by atomic mass is 16.1. The van der Waals surface area contributed by atoms with Crippen LogP contribution in [0.15, 0.2) is 12.1 Å². The lowest BCUT2D eigenvalue weighted by Gasteiger charge is -2.04. The third-order valence-corrected chi connectivity index (χ3v) is 1.77. The number of rotatable bonds is 3. The first-order valence-electron chi connectivity index (χ1n) is 4.66. The molecule has 0 unspecified atom stereocenters. The Morgan fingerprint density at radius 1 is 1.57 bits per heavy atom. The normalized spacial score (nSPS) is 9.86. The van der Waals surface area contributed by atoms with Crippen molar-refractivity contribution in [3.63, 3.8) is 0 Å². The fourth-order valence-corrected chi connectivity index (χ4v) is 1.17. The van der Waals surface area contributed by atoms with Gasteiger partial charge in [0.15, 0.2) is 0 Å². The maximum Gasteiger partial charge on any atom is 0.251 e. The van der Waals surface area contributed by atoms with Gasteiger partial charge in [-0.1, -0.05) is 6.92 Å². The van der Waals surface area contributed by atoms with E-state index >= 15 is 0 Å². The van der Waals surface area contributed by atoms with E-state index in [1.165, 1.54) is 0 Å². The highest BCUT2D eigenvalue weighted by Gasteiger charge is 2.05. The zero-order valence-corrected chi connectivity index (χ0v) is 8.50. The van der Waals surface area contributed by atoms with Crippen LogP contribution in [-0.2, 0) is 0 Å². The van der Waals surface area contributed by atoms with Crippen molar-refractivity contribution < 1.29 is 4.79 Å². The number of nitrogen functional groups attached to an aromatic ring is 1. The summed E-state index contributed by atoms with van der Waals surface area (Å²) < 4.78 is 0. The minimum atomic E-state index is -0.0935. The van der Waals surface area contributed by atoms with Crippen LogP contribution in [0, 0.1) is 6.92 Å². The molecule has 14 heavy (non-hydrogen) atoms. The van der Waals surface area contributed by atoms with Crippen molar-refractivity contribution in [2.24, 2.45) is 0 Å². The van der Waals surface area contributed by atoms with Gasteiger partial charge in [0, 0.05) is 17.8 Å². The van der Waals surface area contributed by atoms with E-state index < -0.39 is 0 Å². The molecule has 0 bridgehead atoms. The van der Waals surface area contributed by atoms with Crippen molar-refractivity contribution in [1.82, 2.24) is 10.3 Å². The Bertz CT molecular complexity index is 316. The van der Waals surface area contributed by atoms with E-state index in [1.54, 1.807) is 12.1 Å². The standard InChI is InChI=1S/C10H15N3O/c1-3-4-12-10(14)8-5-7(2)13-9(11)6-8/h5-6H,3-4H2,1-2H3,(H2,11,13)(H,12,14). The van der Waals surface area contributed by atoms with Crippen LogP contribution in [0.4, 0.5) is 5.82 Å². The number of pyridine rings is 1. The van der Waals surface area contributed by atoms with Gasteiger partial charge in [-0.05, 0) is 25.5 Å². The molecule has 4 heteroatoms. The van der Waals surface area contributed by atoms with E-state index in [2.05, 4.69) is 10.3 Å². The summed E-state index contributed by atoms with van der Waals surface area (Å²) in [5.74, 6) is 0.288. The number of hydrogen-bond donors (Lipinski definition) is 2. The molecule has 1 heterocycles.